The second-order valence-electron chi connectivity index (χ2n) is 5.60. The molecule has 1 rings (SSSR count). The molecule has 31 heavy (non-hydrogen) atoms. The Labute approximate surface area is 180 Å². The van der Waals surface area contributed by atoms with Crippen molar-refractivity contribution in [2.24, 2.45) is 0 Å². The van der Waals surface area contributed by atoms with Gasteiger partial charge in [0.1, 0.15) is 0 Å². The number of halogens is 7. The number of nitrogens with zero attached hydrogens (tertiary/aromatic N) is 1. The average molecular weight is 523 g/mol. The van der Waals surface area contributed by atoms with Crippen LogP contribution in [-0.2, 0) is 20.0 Å². The van der Waals surface area contributed by atoms with Gasteiger partial charge < -0.3 is 4.90 Å². The minimum atomic E-state index is -6.94. The zero-order valence-electron chi connectivity index (χ0n) is 16.5. The predicted octanol–water partition coefficient (Wildman–Crippen LogP) is 4.08. The Balaban J connectivity index is 0.00000110. The van der Waals surface area contributed by atoms with Crippen LogP contribution >= 0.6 is 11.8 Å². The molecule has 0 aliphatic heterocycles. The van der Waals surface area contributed by atoms with E-state index in [0.29, 0.717) is 0 Å². The summed E-state index contributed by atoms with van der Waals surface area (Å²) in [4.78, 5) is 1.84. The van der Waals surface area contributed by atoms with Gasteiger partial charge in [0.15, 0.2) is 0 Å². The van der Waals surface area contributed by atoms with E-state index in [4.69, 9.17) is 0 Å². The van der Waals surface area contributed by atoms with Crippen molar-refractivity contribution in [3.63, 3.8) is 0 Å². The smallest absolute Gasteiger partial charge is 0.304 e. The molecule has 0 aliphatic carbocycles. The maximum absolute atomic E-state index is 13.6. The summed E-state index contributed by atoms with van der Waals surface area (Å²) >= 11 is -0.965. The van der Waals surface area contributed by atoms with E-state index in [2.05, 4.69) is 25.7 Å². The van der Waals surface area contributed by atoms with Crippen molar-refractivity contribution in [1.82, 2.24) is 9.03 Å². The lowest BCUT2D eigenvalue weighted by Gasteiger charge is -2.25. The van der Waals surface area contributed by atoms with Crippen LogP contribution in [0.25, 0.3) is 0 Å². The Morgan fingerprint density at radius 1 is 0.806 bits per heavy atom. The van der Waals surface area contributed by atoms with Crippen molar-refractivity contribution in [2.45, 2.75) is 41.7 Å². The van der Waals surface area contributed by atoms with E-state index in [1.807, 2.05) is 0 Å². The van der Waals surface area contributed by atoms with Gasteiger partial charge in [0, 0.05) is 4.90 Å². The van der Waals surface area contributed by atoms with Crippen LogP contribution in [0.4, 0.5) is 30.7 Å². The fourth-order valence-electron chi connectivity index (χ4n) is 1.77. The zero-order chi connectivity index (χ0) is 24.7. The predicted molar refractivity (Wildman–Crippen MR) is 103 cm³/mol. The Hall–Kier alpha value is -1.10. The Kier molecular flexibility index (Phi) is 10.8. The first kappa shape index (κ1) is 29.9. The van der Waals surface area contributed by atoms with Crippen LogP contribution in [0.2, 0.25) is 0 Å². The maximum atomic E-state index is 13.6. The van der Waals surface area contributed by atoms with E-state index in [1.165, 1.54) is 25.7 Å². The summed E-state index contributed by atoms with van der Waals surface area (Å²) in [5, 5.41) is -11.6. The molecule has 0 bridgehead atoms. The summed E-state index contributed by atoms with van der Waals surface area (Å²) in [7, 11) is -13.8. The molecule has 0 radical (unpaired) electrons. The Morgan fingerprint density at radius 3 is 1.55 bits per heavy atom. The van der Waals surface area contributed by atoms with Gasteiger partial charge in [0.25, 0.3) is 10.0 Å². The maximum Gasteiger partial charge on any atom is 0.512 e. The van der Waals surface area contributed by atoms with Crippen LogP contribution in [0.5, 0.6) is 0 Å². The summed E-state index contributed by atoms with van der Waals surface area (Å²) in [6.45, 7) is 10.1. The van der Waals surface area contributed by atoms with Gasteiger partial charge in [-0.1, -0.05) is 43.1 Å². The third-order valence-corrected chi connectivity index (χ3v) is 7.98. The van der Waals surface area contributed by atoms with E-state index in [-0.39, 0.29) is 0 Å². The summed E-state index contributed by atoms with van der Waals surface area (Å²) in [6, 6.07) is 5.44. The molecule has 0 atom stereocenters. The molecule has 1 aromatic carbocycles. The van der Waals surface area contributed by atoms with E-state index >= 15 is 0 Å². The molecule has 0 saturated heterocycles. The van der Waals surface area contributed by atoms with Gasteiger partial charge in [-0.05, 0) is 43.5 Å². The second kappa shape index (κ2) is 11.2. The lowest BCUT2D eigenvalue weighted by atomic mass is 10.4. The van der Waals surface area contributed by atoms with E-state index in [1.54, 1.807) is 0 Å². The van der Waals surface area contributed by atoms with E-state index in [0.717, 1.165) is 24.3 Å². The van der Waals surface area contributed by atoms with Crippen LogP contribution in [0.1, 0.15) is 20.8 Å². The molecule has 16 heteroatoms. The monoisotopic (exact) mass is 522 g/mol. The molecule has 0 aliphatic rings. The molecule has 1 aromatic rings. The molecule has 0 aromatic heterocycles. The summed E-state index contributed by atoms with van der Waals surface area (Å²) < 4.78 is 133. The number of sulfonamides is 2. The zero-order valence-corrected chi connectivity index (χ0v) is 18.9. The number of nitrogens with one attached hydrogen (secondary N) is 1. The van der Waals surface area contributed by atoms with Crippen LogP contribution in [-0.4, -0.2) is 57.4 Å². The van der Waals surface area contributed by atoms with Crippen LogP contribution in [0, 0.1) is 0 Å². The van der Waals surface area contributed by atoms with Crippen LogP contribution < -0.4 is 4.13 Å². The van der Waals surface area contributed by atoms with E-state index in [9.17, 15) is 47.6 Å². The van der Waals surface area contributed by atoms with E-state index < -0.39 is 56.8 Å². The third kappa shape index (κ3) is 8.07. The number of benzene rings is 1. The molecular weight excluding hydrogens is 501 g/mol. The van der Waals surface area contributed by atoms with Crippen molar-refractivity contribution in [2.75, 3.05) is 19.6 Å². The lowest BCUT2D eigenvalue weighted by molar-refractivity contribution is -0.0906. The largest absolute Gasteiger partial charge is 0.512 e. The number of rotatable bonds is 9. The molecule has 182 valence electrons. The number of hydrogen-bond donors (Lipinski definition) is 1. The van der Waals surface area contributed by atoms with Gasteiger partial charge >= 0.3 is 26.0 Å². The molecular formula is C15H21F7N2O4S3. The molecule has 6 nitrogen and oxygen atoms in total. The van der Waals surface area contributed by atoms with Crippen LogP contribution in [0.3, 0.4) is 0 Å². The fourth-order valence-corrected chi connectivity index (χ4v) is 5.19. The highest BCUT2D eigenvalue weighted by atomic mass is 32.3. The highest BCUT2D eigenvalue weighted by molar-refractivity contribution is 8.07. The Morgan fingerprint density at radius 2 is 1.23 bits per heavy atom. The molecule has 0 unspecified atom stereocenters. The highest BCUT2D eigenvalue weighted by Gasteiger charge is 2.68. The summed E-state index contributed by atoms with van der Waals surface area (Å²) in [5.74, 6) is 0. The standard InChI is InChI=1S/C9H6F7NO4S3.C6H15N/c10-7(11,22-6-4-2-1-3-5-6)8(12,13)23(18,19)17-24(20,21)9(14,15)16;1-4-7(5-2)6-3/h1-5,17H;4-6H2,1-3H3. The number of thioether (sulfide) groups is 1. The first-order valence-electron chi connectivity index (χ1n) is 8.44. The van der Waals surface area contributed by atoms with Crippen molar-refractivity contribution in [3.8, 4) is 0 Å². The Bertz CT molecular complexity index is 883. The first-order valence-corrected chi connectivity index (χ1v) is 12.2. The lowest BCUT2D eigenvalue weighted by Crippen LogP contribution is -2.53. The SMILES string of the molecule is CCN(CC)CC.O=S(=O)(NS(=O)(=O)C(F)(F)C(F)(F)Sc1ccccc1)C(F)(F)F. The molecule has 0 spiro atoms. The van der Waals surface area contributed by atoms with Crippen molar-refractivity contribution >= 4 is 31.8 Å². The third-order valence-electron chi connectivity index (χ3n) is 3.53. The highest BCUT2D eigenvalue weighted by Crippen LogP contribution is 2.49. The molecule has 0 fully saturated rings. The summed E-state index contributed by atoms with van der Waals surface area (Å²) in [5.41, 5.74) is -6.29. The van der Waals surface area contributed by atoms with Gasteiger partial charge in [-0.3, -0.25) is 0 Å². The van der Waals surface area contributed by atoms with Crippen molar-refractivity contribution in [1.29, 1.82) is 0 Å². The van der Waals surface area contributed by atoms with Gasteiger partial charge in [-0.2, -0.15) is 30.7 Å². The fraction of sp³-hybridized carbons (Fsp3) is 0.600. The normalized spacial score (nSPS) is 13.6. The molecule has 0 saturated carbocycles. The van der Waals surface area contributed by atoms with Crippen molar-refractivity contribution in [3.05, 3.63) is 30.3 Å². The van der Waals surface area contributed by atoms with Gasteiger partial charge in [0.2, 0.25) is 0 Å². The minimum Gasteiger partial charge on any atom is -0.304 e. The molecule has 0 amide bonds. The minimum absolute atomic E-state index is 0.419. The summed E-state index contributed by atoms with van der Waals surface area (Å²) in [6.07, 6.45) is 0. The topological polar surface area (TPSA) is 83.6 Å². The van der Waals surface area contributed by atoms with Gasteiger partial charge in [-0.25, -0.2) is 16.8 Å². The van der Waals surface area contributed by atoms with Crippen molar-refractivity contribution < 1.29 is 47.6 Å². The molecule has 1 N–H and O–H groups in total. The number of hydrogen-bond acceptors (Lipinski definition) is 6. The van der Waals surface area contributed by atoms with Crippen LogP contribution in [0.15, 0.2) is 35.2 Å². The second-order valence-corrected chi connectivity index (χ2v) is 10.4. The first-order chi connectivity index (χ1) is 13.9. The molecule has 0 heterocycles. The number of alkyl halides is 7. The average Bonchev–Trinajstić information content (AvgIpc) is 2.62. The van der Waals surface area contributed by atoms with Gasteiger partial charge in [0.05, 0.1) is 0 Å². The quantitative estimate of drug-likeness (QED) is 0.389. The van der Waals surface area contributed by atoms with Gasteiger partial charge in [-0.15, -0.1) is 0 Å².